The number of benzene rings is 1. The van der Waals surface area contributed by atoms with Crippen LogP contribution in [0.1, 0.15) is 48.9 Å². The van der Waals surface area contributed by atoms with Crippen molar-refractivity contribution in [3.8, 4) is 0 Å². The van der Waals surface area contributed by atoms with Crippen LogP contribution in [0.5, 0.6) is 0 Å². The van der Waals surface area contributed by atoms with Crippen LogP contribution in [-0.2, 0) is 14.6 Å². The van der Waals surface area contributed by atoms with Gasteiger partial charge in [-0.05, 0) is 43.5 Å². The van der Waals surface area contributed by atoms with Crippen molar-refractivity contribution in [1.82, 2.24) is 10.6 Å². The molecule has 0 spiro atoms. The molecule has 1 aliphatic carbocycles. The molecule has 3 fully saturated rings. The van der Waals surface area contributed by atoms with Crippen LogP contribution in [-0.4, -0.2) is 56.4 Å². The molecular weight excluding hydrogens is 378 g/mol. The molecule has 2 heterocycles. The Morgan fingerprint density at radius 3 is 2.32 bits per heavy atom. The summed E-state index contributed by atoms with van der Waals surface area (Å²) < 4.78 is 24.3. The zero-order valence-electron chi connectivity index (χ0n) is 15.9. The number of amides is 2. The molecule has 1 aromatic carbocycles. The molecule has 2 atom stereocenters. The lowest BCUT2D eigenvalue weighted by atomic mass is 10.1. The van der Waals surface area contributed by atoms with Crippen molar-refractivity contribution >= 4 is 27.3 Å². The average molecular weight is 406 g/mol. The van der Waals surface area contributed by atoms with Crippen molar-refractivity contribution in [2.75, 3.05) is 23.0 Å². The van der Waals surface area contributed by atoms with Crippen LogP contribution < -0.4 is 15.5 Å². The van der Waals surface area contributed by atoms with Gasteiger partial charge in [-0.3, -0.25) is 9.59 Å². The molecular formula is C20H27N3O4S. The standard InChI is InChI=1S/C20H27N3O4S/c24-19-6-3-11-23(19)16-9-7-14(8-10-16)20(25)22-18-13-28(26,27)12-17(18)21-15-4-1-2-5-15/h7-10,15,17-18,21H,1-6,11-13H2,(H,22,25)/t17-,18+/m1/s1. The highest BCUT2D eigenvalue weighted by Gasteiger charge is 2.39. The maximum atomic E-state index is 12.7. The Labute approximate surface area is 165 Å². The number of carbonyl (C=O) groups excluding carboxylic acids is 2. The maximum absolute atomic E-state index is 12.7. The molecule has 7 nitrogen and oxygen atoms in total. The molecule has 4 rings (SSSR count). The number of carbonyl (C=O) groups is 2. The van der Waals surface area contributed by atoms with Crippen molar-refractivity contribution < 1.29 is 18.0 Å². The molecule has 28 heavy (non-hydrogen) atoms. The monoisotopic (exact) mass is 405 g/mol. The molecule has 2 amide bonds. The third kappa shape index (κ3) is 4.22. The van der Waals surface area contributed by atoms with Gasteiger partial charge in [0.05, 0.1) is 17.5 Å². The number of nitrogens with zero attached hydrogens (tertiary/aromatic N) is 1. The molecule has 0 radical (unpaired) electrons. The van der Waals surface area contributed by atoms with Crippen molar-refractivity contribution in [2.24, 2.45) is 0 Å². The SMILES string of the molecule is O=C(N[C@H]1CS(=O)(=O)C[C@H]1NC1CCCC1)c1ccc(N2CCCC2=O)cc1. The van der Waals surface area contributed by atoms with Crippen LogP contribution in [0.4, 0.5) is 5.69 Å². The molecule has 1 saturated carbocycles. The van der Waals surface area contributed by atoms with Crippen LogP contribution in [0.3, 0.4) is 0 Å². The van der Waals surface area contributed by atoms with Crippen molar-refractivity contribution in [3.63, 3.8) is 0 Å². The van der Waals surface area contributed by atoms with E-state index in [9.17, 15) is 18.0 Å². The van der Waals surface area contributed by atoms with Gasteiger partial charge in [0.25, 0.3) is 5.91 Å². The second-order valence-electron chi connectivity index (χ2n) is 8.11. The summed E-state index contributed by atoms with van der Waals surface area (Å²) in [7, 11) is -3.16. The summed E-state index contributed by atoms with van der Waals surface area (Å²) in [5, 5.41) is 6.36. The van der Waals surface area contributed by atoms with E-state index in [2.05, 4.69) is 10.6 Å². The summed E-state index contributed by atoms with van der Waals surface area (Å²) in [4.78, 5) is 26.3. The molecule has 0 unspecified atom stereocenters. The fraction of sp³-hybridized carbons (Fsp3) is 0.600. The summed E-state index contributed by atoms with van der Waals surface area (Å²) in [6, 6.07) is 6.62. The van der Waals surface area contributed by atoms with Gasteiger partial charge >= 0.3 is 0 Å². The zero-order chi connectivity index (χ0) is 19.7. The Morgan fingerprint density at radius 2 is 1.68 bits per heavy atom. The lowest BCUT2D eigenvalue weighted by Crippen LogP contribution is -2.51. The zero-order valence-corrected chi connectivity index (χ0v) is 16.7. The lowest BCUT2D eigenvalue weighted by Gasteiger charge is -2.24. The normalized spacial score (nSPS) is 27.4. The molecule has 3 aliphatic rings. The first-order valence-corrected chi connectivity index (χ1v) is 11.9. The van der Waals surface area contributed by atoms with Gasteiger partial charge in [-0.15, -0.1) is 0 Å². The van der Waals surface area contributed by atoms with Gasteiger partial charge in [0.15, 0.2) is 9.84 Å². The van der Waals surface area contributed by atoms with Crippen LogP contribution >= 0.6 is 0 Å². The predicted octanol–water partition coefficient (Wildman–Crippen LogP) is 1.24. The molecule has 0 aromatic heterocycles. The van der Waals surface area contributed by atoms with E-state index in [1.165, 1.54) is 12.8 Å². The van der Waals surface area contributed by atoms with Gasteiger partial charge in [-0.2, -0.15) is 0 Å². The highest BCUT2D eigenvalue weighted by Crippen LogP contribution is 2.23. The van der Waals surface area contributed by atoms with E-state index in [4.69, 9.17) is 0 Å². The number of anilines is 1. The summed E-state index contributed by atoms with van der Waals surface area (Å²) in [5.74, 6) is -0.123. The van der Waals surface area contributed by atoms with E-state index in [-0.39, 0.29) is 29.4 Å². The Kier molecular flexibility index (Phi) is 5.42. The van der Waals surface area contributed by atoms with Gasteiger partial charge in [-0.25, -0.2) is 8.42 Å². The van der Waals surface area contributed by atoms with E-state index in [0.717, 1.165) is 24.9 Å². The topological polar surface area (TPSA) is 95.6 Å². The predicted molar refractivity (Wildman–Crippen MR) is 107 cm³/mol. The summed E-state index contributed by atoms with van der Waals surface area (Å²) >= 11 is 0. The molecule has 1 aromatic rings. The first-order chi connectivity index (χ1) is 13.4. The Morgan fingerprint density at radius 1 is 1.00 bits per heavy atom. The number of nitrogens with one attached hydrogen (secondary N) is 2. The van der Waals surface area contributed by atoms with E-state index in [0.29, 0.717) is 24.6 Å². The van der Waals surface area contributed by atoms with Gasteiger partial charge < -0.3 is 15.5 Å². The summed E-state index contributed by atoms with van der Waals surface area (Å²) in [6.07, 6.45) is 5.88. The minimum absolute atomic E-state index is 0.0243. The van der Waals surface area contributed by atoms with Crippen molar-refractivity contribution in [1.29, 1.82) is 0 Å². The second kappa shape index (κ2) is 7.83. The Balaban J connectivity index is 1.41. The smallest absolute Gasteiger partial charge is 0.251 e. The van der Waals surface area contributed by atoms with Crippen molar-refractivity contribution in [2.45, 2.75) is 56.7 Å². The molecule has 152 valence electrons. The first kappa shape index (κ1) is 19.4. The molecule has 8 heteroatoms. The van der Waals surface area contributed by atoms with Crippen LogP contribution in [0.2, 0.25) is 0 Å². The maximum Gasteiger partial charge on any atom is 0.251 e. The average Bonchev–Trinajstić information content (AvgIpc) is 3.37. The largest absolute Gasteiger partial charge is 0.347 e. The van der Waals surface area contributed by atoms with Crippen molar-refractivity contribution in [3.05, 3.63) is 29.8 Å². The fourth-order valence-electron chi connectivity index (χ4n) is 4.51. The Hall–Kier alpha value is -1.93. The quantitative estimate of drug-likeness (QED) is 0.769. The number of rotatable bonds is 5. The van der Waals surface area contributed by atoms with E-state index >= 15 is 0 Å². The molecule has 0 bridgehead atoms. The highest BCUT2D eigenvalue weighted by molar-refractivity contribution is 7.91. The molecule has 2 N–H and O–H groups in total. The fourth-order valence-corrected chi connectivity index (χ4v) is 6.39. The summed E-state index contributed by atoms with van der Waals surface area (Å²) in [5.41, 5.74) is 1.27. The summed E-state index contributed by atoms with van der Waals surface area (Å²) in [6.45, 7) is 0.707. The Bertz CT molecular complexity index is 847. The van der Waals surface area contributed by atoms with Gasteiger partial charge in [0.2, 0.25) is 5.91 Å². The van der Waals surface area contributed by atoms with Crippen LogP contribution in [0.25, 0.3) is 0 Å². The minimum atomic E-state index is -3.16. The number of hydrogen-bond acceptors (Lipinski definition) is 5. The highest BCUT2D eigenvalue weighted by atomic mass is 32.2. The molecule has 2 saturated heterocycles. The minimum Gasteiger partial charge on any atom is -0.347 e. The lowest BCUT2D eigenvalue weighted by molar-refractivity contribution is -0.117. The van der Waals surface area contributed by atoms with E-state index in [1.54, 1.807) is 29.2 Å². The van der Waals surface area contributed by atoms with Crippen LogP contribution in [0, 0.1) is 0 Å². The van der Waals surface area contributed by atoms with Gasteiger partial charge in [-0.1, -0.05) is 12.8 Å². The third-order valence-electron chi connectivity index (χ3n) is 5.99. The van der Waals surface area contributed by atoms with Gasteiger partial charge in [0.1, 0.15) is 0 Å². The number of hydrogen-bond donors (Lipinski definition) is 2. The first-order valence-electron chi connectivity index (χ1n) is 10.1. The van der Waals surface area contributed by atoms with E-state index < -0.39 is 15.9 Å². The van der Waals surface area contributed by atoms with Crippen LogP contribution in [0.15, 0.2) is 24.3 Å². The van der Waals surface area contributed by atoms with E-state index in [1.807, 2.05) is 0 Å². The number of sulfone groups is 1. The van der Waals surface area contributed by atoms with Gasteiger partial charge in [0, 0.05) is 36.3 Å². The third-order valence-corrected chi connectivity index (χ3v) is 7.72. The molecule has 2 aliphatic heterocycles. The second-order valence-corrected chi connectivity index (χ2v) is 10.3.